The molecule has 0 aliphatic heterocycles. The van der Waals surface area contributed by atoms with Crippen LogP contribution in [0, 0.1) is 5.92 Å². The molecule has 1 aromatic rings. The van der Waals surface area contributed by atoms with Crippen molar-refractivity contribution in [3.63, 3.8) is 0 Å². The first kappa shape index (κ1) is 14.6. The Morgan fingerprint density at radius 1 is 1.56 bits per heavy atom. The number of rotatable bonds is 6. The van der Waals surface area contributed by atoms with Crippen LogP contribution in [0.1, 0.15) is 25.8 Å². The first-order valence-electron chi connectivity index (χ1n) is 5.87. The van der Waals surface area contributed by atoms with E-state index in [1.807, 2.05) is 0 Å². The van der Waals surface area contributed by atoms with Gasteiger partial charge in [0.15, 0.2) is 0 Å². The summed E-state index contributed by atoms with van der Waals surface area (Å²) in [5, 5.41) is 9.12. The number of hydrogen-bond donors (Lipinski definition) is 1. The van der Waals surface area contributed by atoms with E-state index in [0.29, 0.717) is 28.9 Å². The number of carboxylic acids is 1. The molecule has 3 nitrogen and oxygen atoms in total. The van der Waals surface area contributed by atoms with Gasteiger partial charge in [0.1, 0.15) is 5.75 Å². The second-order valence-electron chi connectivity index (χ2n) is 4.15. The van der Waals surface area contributed by atoms with E-state index in [1.165, 1.54) is 6.08 Å². The Morgan fingerprint density at radius 3 is 2.89 bits per heavy atom. The van der Waals surface area contributed by atoms with E-state index < -0.39 is 5.97 Å². The van der Waals surface area contributed by atoms with Crippen LogP contribution >= 0.6 is 11.6 Å². The van der Waals surface area contributed by atoms with Gasteiger partial charge in [0.05, 0.1) is 11.6 Å². The lowest BCUT2D eigenvalue weighted by molar-refractivity contribution is -0.131. The summed E-state index contributed by atoms with van der Waals surface area (Å²) in [6.07, 6.45) is 3.58. The van der Waals surface area contributed by atoms with Crippen LogP contribution in [-0.4, -0.2) is 17.7 Å². The molecule has 0 fully saturated rings. The van der Waals surface area contributed by atoms with Crippen molar-refractivity contribution in [1.29, 1.82) is 0 Å². The number of ether oxygens (including phenoxy) is 1. The van der Waals surface area contributed by atoms with Gasteiger partial charge < -0.3 is 9.84 Å². The molecule has 1 unspecified atom stereocenters. The Balaban J connectivity index is 2.90. The fraction of sp³-hybridized carbons (Fsp3) is 0.357. The molecule has 1 aromatic carbocycles. The number of carbonyl (C=O) groups is 1. The van der Waals surface area contributed by atoms with Crippen molar-refractivity contribution >= 4 is 23.6 Å². The van der Waals surface area contributed by atoms with Gasteiger partial charge in [-0.15, -0.1) is 0 Å². The molecule has 0 heterocycles. The highest BCUT2D eigenvalue weighted by Gasteiger charge is 2.08. The van der Waals surface area contributed by atoms with Gasteiger partial charge in [0.2, 0.25) is 0 Å². The van der Waals surface area contributed by atoms with Crippen LogP contribution in [0.15, 0.2) is 24.3 Å². The molecule has 0 aromatic heterocycles. The summed E-state index contributed by atoms with van der Waals surface area (Å²) in [5.41, 5.74) is 0.674. The predicted octanol–water partition coefficient (Wildman–Crippen LogP) is 3.86. The van der Waals surface area contributed by atoms with Crippen molar-refractivity contribution in [3.05, 3.63) is 34.9 Å². The van der Waals surface area contributed by atoms with Crippen molar-refractivity contribution < 1.29 is 14.6 Å². The molecular formula is C14H17ClO3. The van der Waals surface area contributed by atoms with E-state index in [9.17, 15) is 4.79 Å². The third-order valence-corrected chi connectivity index (χ3v) is 2.91. The summed E-state index contributed by atoms with van der Waals surface area (Å²) in [5.74, 6) is -0.0302. The van der Waals surface area contributed by atoms with Crippen LogP contribution in [0.5, 0.6) is 5.75 Å². The Kier molecular flexibility index (Phi) is 5.72. The molecule has 1 rings (SSSR count). The zero-order chi connectivity index (χ0) is 13.5. The monoisotopic (exact) mass is 268 g/mol. The van der Waals surface area contributed by atoms with Crippen molar-refractivity contribution in [2.24, 2.45) is 5.92 Å². The minimum absolute atomic E-state index is 0.428. The molecule has 1 atom stereocenters. The van der Waals surface area contributed by atoms with Gasteiger partial charge in [-0.1, -0.05) is 44.0 Å². The summed E-state index contributed by atoms with van der Waals surface area (Å²) < 4.78 is 5.68. The maximum Gasteiger partial charge on any atom is 0.328 e. The van der Waals surface area contributed by atoms with E-state index in [1.54, 1.807) is 18.2 Å². The average molecular weight is 269 g/mol. The van der Waals surface area contributed by atoms with Gasteiger partial charge in [-0.3, -0.25) is 0 Å². The third-order valence-electron chi connectivity index (χ3n) is 2.61. The number of aliphatic carboxylic acids is 1. The minimum atomic E-state index is -0.997. The quantitative estimate of drug-likeness (QED) is 0.797. The second-order valence-corrected chi connectivity index (χ2v) is 4.56. The van der Waals surface area contributed by atoms with Crippen molar-refractivity contribution in [3.8, 4) is 5.75 Å². The van der Waals surface area contributed by atoms with Gasteiger partial charge in [-0.05, 0) is 18.1 Å². The number of halogens is 1. The van der Waals surface area contributed by atoms with Crippen LogP contribution < -0.4 is 4.74 Å². The van der Waals surface area contributed by atoms with E-state index in [4.69, 9.17) is 21.4 Å². The molecule has 4 heteroatoms. The lowest BCUT2D eigenvalue weighted by Crippen LogP contribution is -2.08. The molecule has 0 radical (unpaired) electrons. The molecule has 0 amide bonds. The number of carboxylic acid groups (broad SMARTS) is 1. The maximum absolute atomic E-state index is 10.5. The largest absolute Gasteiger partial charge is 0.491 e. The van der Waals surface area contributed by atoms with Crippen LogP contribution in [0.4, 0.5) is 0 Å². The normalized spacial score (nSPS) is 12.6. The first-order chi connectivity index (χ1) is 8.54. The molecule has 0 aliphatic rings. The zero-order valence-electron chi connectivity index (χ0n) is 10.5. The molecule has 0 saturated heterocycles. The van der Waals surface area contributed by atoms with E-state index in [0.717, 1.165) is 12.5 Å². The number of para-hydroxylation sites is 1. The Hall–Kier alpha value is -1.48. The number of benzene rings is 1. The highest BCUT2D eigenvalue weighted by Crippen LogP contribution is 2.30. The summed E-state index contributed by atoms with van der Waals surface area (Å²) >= 11 is 6.07. The fourth-order valence-corrected chi connectivity index (χ4v) is 1.55. The first-order valence-corrected chi connectivity index (χ1v) is 6.24. The van der Waals surface area contributed by atoms with Gasteiger partial charge in [0.25, 0.3) is 0 Å². The van der Waals surface area contributed by atoms with Gasteiger partial charge >= 0.3 is 5.97 Å². The van der Waals surface area contributed by atoms with Crippen LogP contribution in [0.3, 0.4) is 0 Å². The summed E-state index contributed by atoms with van der Waals surface area (Å²) in [4.78, 5) is 10.5. The topological polar surface area (TPSA) is 46.5 Å². The van der Waals surface area contributed by atoms with Crippen molar-refractivity contribution in [2.75, 3.05) is 6.61 Å². The van der Waals surface area contributed by atoms with Gasteiger partial charge in [-0.2, -0.15) is 0 Å². The molecule has 0 saturated carbocycles. The molecule has 0 bridgehead atoms. The third kappa shape index (κ3) is 4.41. The minimum Gasteiger partial charge on any atom is -0.491 e. The molecule has 0 aliphatic carbocycles. The van der Waals surface area contributed by atoms with E-state index in [2.05, 4.69) is 13.8 Å². The average Bonchev–Trinajstić information content (AvgIpc) is 2.34. The fourth-order valence-electron chi connectivity index (χ4n) is 1.31. The lowest BCUT2D eigenvalue weighted by atomic mass is 10.1. The smallest absolute Gasteiger partial charge is 0.328 e. The summed E-state index contributed by atoms with van der Waals surface area (Å²) in [6, 6.07) is 5.27. The van der Waals surface area contributed by atoms with Crippen LogP contribution in [0.2, 0.25) is 5.02 Å². The van der Waals surface area contributed by atoms with Gasteiger partial charge in [0, 0.05) is 11.6 Å². The molecular weight excluding hydrogens is 252 g/mol. The zero-order valence-corrected chi connectivity index (χ0v) is 11.3. The predicted molar refractivity (Wildman–Crippen MR) is 73.1 cm³/mol. The molecule has 0 spiro atoms. The Morgan fingerprint density at radius 2 is 2.28 bits per heavy atom. The highest BCUT2D eigenvalue weighted by atomic mass is 35.5. The lowest BCUT2D eigenvalue weighted by Gasteiger charge is -2.14. The van der Waals surface area contributed by atoms with E-state index in [-0.39, 0.29) is 0 Å². The Bertz CT molecular complexity index is 441. The SMILES string of the molecule is CCC(C)COc1c(Cl)cccc1/C=C/C(=O)O. The molecule has 18 heavy (non-hydrogen) atoms. The standard InChI is InChI=1S/C14H17ClO3/c1-3-10(2)9-18-14-11(7-8-13(16)17)5-4-6-12(14)15/h4-8,10H,3,9H2,1-2H3,(H,16,17)/b8-7+. The van der Waals surface area contributed by atoms with Crippen molar-refractivity contribution in [2.45, 2.75) is 20.3 Å². The summed E-state index contributed by atoms with van der Waals surface area (Å²) in [7, 11) is 0. The summed E-state index contributed by atoms with van der Waals surface area (Å²) in [6.45, 7) is 4.74. The van der Waals surface area contributed by atoms with Crippen LogP contribution in [0.25, 0.3) is 6.08 Å². The van der Waals surface area contributed by atoms with Crippen LogP contribution in [-0.2, 0) is 4.79 Å². The molecule has 98 valence electrons. The Labute approximate surface area is 112 Å². The molecule has 1 N–H and O–H groups in total. The van der Waals surface area contributed by atoms with Crippen molar-refractivity contribution in [1.82, 2.24) is 0 Å². The number of hydrogen-bond acceptors (Lipinski definition) is 2. The highest BCUT2D eigenvalue weighted by molar-refractivity contribution is 6.32. The second kappa shape index (κ2) is 7.07. The van der Waals surface area contributed by atoms with Gasteiger partial charge in [-0.25, -0.2) is 4.79 Å². The maximum atomic E-state index is 10.5. The van der Waals surface area contributed by atoms with E-state index >= 15 is 0 Å².